The number of carbonyl (C=O) groups is 1. The van der Waals surface area contributed by atoms with Gasteiger partial charge in [-0.3, -0.25) is 9.69 Å². The topological polar surface area (TPSA) is 58.4 Å². The largest absolute Gasteiger partial charge is 0.350 e. The van der Waals surface area contributed by atoms with Gasteiger partial charge in [0.25, 0.3) is 0 Å². The highest BCUT2D eigenvalue weighted by molar-refractivity contribution is 5.87. The van der Waals surface area contributed by atoms with Gasteiger partial charge < -0.3 is 11.1 Å². The second kappa shape index (κ2) is 6.49. The Morgan fingerprint density at radius 2 is 1.96 bits per heavy atom. The second-order valence-corrected chi connectivity index (χ2v) is 8.37. The molecule has 0 aliphatic heterocycles. The number of hydrogen-bond donors (Lipinski definition) is 2. The first-order chi connectivity index (χ1) is 11.3. The molecule has 1 aromatic rings. The van der Waals surface area contributed by atoms with E-state index in [-0.39, 0.29) is 5.91 Å². The highest BCUT2D eigenvalue weighted by Gasteiger charge is 2.58. The van der Waals surface area contributed by atoms with Gasteiger partial charge in [-0.05, 0) is 63.1 Å². The summed E-state index contributed by atoms with van der Waals surface area (Å²) in [5, 5.41) is 3.05. The average molecular weight is 329 g/mol. The summed E-state index contributed by atoms with van der Waals surface area (Å²) in [6.07, 6.45) is 5.54. The third kappa shape index (κ3) is 3.50. The SMILES string of the molecule is CC(C)N(C)Cc1cccc(CNC(=O)C2(N)CC3(CCC3)C2)c1. The van der Waals surface area contributed by atoms with Gasteiger partial charge in [-0.2, -0.15) is 0 Å². The number of carbonyl (C=O) groups excluding carboxylic acids is 1. The van der Waals surface area contributed by atoms with E-state index < -0.39 is 5.54 Å². The molecule has 24 heavy (non-hydrogen) atoms. The Kier molecular flexibility index (Phi) is 4.71. The summed E-state index contributed by atoms with van der Waals surface area (Å²) in [6, 6.07) is 8.96. The van der Waals surface area contributed by atoms with Crippen molar-refractivity contribution in [2.45, 2.75) is 70.6 Å². The third-order valence-corrected chi connectivity index (χ3v) is 6.01. The first-order valence-corrected chi connectivity index (χ1v) is 9.17. The zero-order valence-electron chi connectivity index (χ0n) is 15.3. The number of amides is 1. The van der Waals surface area contributed by atoms with Gasteiger partial charge in [0.05, 0.1) is 5.54 Å². The van der Waals surface area contributed by atoms with Crippen LogP contribution in [0.1, 0.15) is 57.1 Å². The van der Waals surface area contributed by atoms with Gasteiger partial charge in [0, 0.05) is 19.1 Å². The first-order valence-electron chi connectivity index (χ1n) is 9.17. The highest BCUT2D eigenvalue weighted by Crippen LogP contribution is 2.59. The van der Waals surface area contributed by atoms with Crippen molar-refractivity contribution in [2.75, 3.05) is 7.05 Å². The van der Waals surface area contributed by atoms with E-state index in [2.05, 4.69) is 55.4 Å². The lowest BCUT2D eigenvalue weighted by molar-refractivity contribution is -0.140. The zero-order chi connectivity index (χ0) is 17.4. The smallest absolute Gasteiger partial charge is 0.240 e. The molecule has 3 N–H and O–H groups in total. The maximum Gasteiger partial charge on any atom is 0.240 e. The lowest BCUT2D eigenvalue weighted by atomic mass is 9.48. The molecule has 132 valence electrons. The Bertz CT molecular complexity index is 599. The van der Waals surface area contributed by atoms with Crippen LogP contribution in [0, 0.1) is 5.41 Å². The number of nitrogens with one attached hydrogen (secondary N) is 1. The fraction of sp³-hybridized carbons (Fsp3) is 0.650. The molecule has 2 saturated carbocycles. The molecule has 1 spiro atoms. The van der Waals surface area contributed by atoms with Crippen LogP contribution >= 0.6 is 0 Å². The lowest BCUT2D eigenvalue weighted by Crippen LogP contribution is -2.67. The van der Waals surface area contributed by atoms with Gasteiger partial charge in [-0.15, -0.1) is 0 Å². The first kappa shape index (κ1) is 17.4. The van der Waals surface area contributed by atoms with Crippen LogP contribution in [0.4, 0.5) is 0 Å². The highest BCUT2D eigenvalue weighted by atomic mass is 16.2. The maximum absolute atomic E-state index is 12.5. The van der Waals surface area contributed by atoms with E-state index in [9.17, 15) is 4.79 Å². The van der Waals surface area contributed by atoms with Crippen molar-refractivity contribution >= 4 is 5.91 Å². The summed E-state index contributed by atoms with van der Waals surface area (Å²) in [5.74, 6) is 0.0183. The van der Waals surface area contributed by atoms with Gasteiger partial charge in [0.2, 0.25) is 5.91 Å². The fourth-order valence-corrected chi connectivity index (χ4v) is 4.14. The van der Waals surface area contributed by atoms with E-state index in [1.165, 1.54) is 24.8 Å². The summed E-state index contributed by atoms with van der Waals surface area (Å²) < 4.78 is 0. The molecule has 0 unspecified atom stereocenters. The van der Waals surface area contributed by atoms with Gasteiger partial charge in [0.1, 0.15) is 0 Å². The van der Waals surface area contributed by atoms with Gasteiger partial charge in [-0.1, -0.05) is 30.7 Å². The Morgan fingerprint density at radius 1 is 1.29 bits per heavy atom. The monoisotopic (exact) mass is 329 g/mol. The minimum absolute atomic E-state index is 0.0183. The number of nitrogens with zero attached hydrogens (tertiary/aromatic N) is 1. The van der Waals surface area contributed by atoms with Crippen molar-refractivity contribution in [2.24, 2.45) is 11.1 Å². The fourth-order valence-electron chi connectivity index (χ4n) is 4.14. The lowest BCUT2D eigenvalue weighted by Gasteiger charge is -2.58. The van der Waals surface area contributed by atoms with Crippen molar-refractivity contribution in [3.63, 3.8) is 0 Å². The molecular formula is C20H31N3O. The summed E-state index contributed by atoms with van der Waals surface area (Å²) in [6.45, 7) is 5.86. The van der Waals surface area contributed by atoms with Gasteiger partial charge in [0.15, 0.2) is 0 Å². The summed E-state index contributed by atoms with van der Waals surface area (Å²) in [5.41, 5.74) is 8.50. The van der Waals surface area contributed by atoms with Crippen LogP contribution in [0.25, 0.3) is 0 Å². The van der Waals surface area contributed by atoms with Crippen molar-refractivity contribution in [1.29, 1.82) is 0 Å². The Morgan fingerprint density at radius 3 is 2.54 bits per heavy atom. The van der Waals surface area contributed by atoms with Gasteiger partial charge >= 0.3 is 0 Å². The zero-order valence-corrected chi connectivity index (χ0v) is 15.3. The van der Waals surface area contributed by atoms with Crippen LogP contribution in [-0.4, -0.2) is 29.4 Å². The summed E-state index contributed by atoms with van der Waals surface area (Å²) in [4.78, 5) is 14.8. The van der Waals surface area contributed by atoms with Crippen LogP contribution in [0.2, 0.25) is 0 Å². The van der Waals surface area contributed by atoms with Crippen LogP contribution in [0.3, 0.4) is 0 Å². The summed E-state index contributed by atoms with van der Waals surface area (Å²) >= 11 is 0. The predicted octanol–water partition coefficient (Wildman–Crippen LogP) is 2.80. The Balaban J connectivity index is 1.52. The predicted molar refractivity (Wildman–Crippen MR) is 97.3 cm³/mol. The molecule has 0 saturated heterocycles. The van der Waals surface area contributed by atoms with E-state index in [1.807, 2.05) is 0 Å². The Labute approximate surface area is 145 Å². The molecule has 0 atom stereocenters. The minimum atomic E-state index is -0.629. The molecule has 0 aromatic heterocycles. The number of hydrogen-bond acceptors (Lipinski definition) is 3. The van der Waals surface area contributed by atoms with Crippen molar-refractivity contribution in [3.05, 3.63) is 35.4 Å². The standard InChI is InChI=1S/C20H31N3O/c1-15(2)23(3)12-17-7-4-6-16(10-17)11-22-18(24)20(21)13-19(14-20)8-5-9-19/h4,6-7,10,15H,5,8-9,11-14,21H2,1-3H3,(H,22,24). The normalized spacial score (nSPS) is 20.8. The third-order valence-electron chi connectivity index (χ3n) is 6.01. The van der Waals surface area contributed by atoms with Crippen LogP contribution < -0.4 is 11.1 Å². The number of nitrogens with two attached hydrogens (primary N) is 1. The molecular weight excluding hydrogens is 298 g/mol. The van der Waals surface area contributed by atoms with Crippen molar-refractivity contribution in [1.82, 2.24) is 10.2 Å². The van der Waals surface area contributed by atoms with E-state index in [0.29, 0.717) is 18.0 Å². The van der Waals surface area contributed by atoms with E-state index in [0.717, 1.165) is 24.9 Å². The molecule has 1 amide bonds. The molecule has 4 nitrogen and oxygen atoms in total. The van der Waals surface area contributed by atoms with Crippen LogP contribution in [0.15, 0.2) is 24.3 Å². The van der Waals surface area contributed by atoms with Crippen LogP contribution in [-0.2, 0) is 17.9 Å². The second-order valence-electron chi connectivity index (χ2n) is 8.37. The van der Waals surface area contributed by atoms with Crippen molar-refractivity contribution in [3.8, 4) is 0 Å². The number of benzene rings is 1. The molecule has 1 aromatic carbocycles. The maximum atomic E-state index is 12.5. The van der Waals surface area contributed by atoms with E-state index in [4.69, 9.17) is 5.73 Å². The molecule has 0 radical (unpaired) electrons. The molecule has 0 heterocycles. The number of rotatable bonds is 6. The molecule has 2 fully saturated rings. The van der Waals surface area contributed by atoms with E-state index in [1.54, 1.807) is 0 Å². The van der Waals surface area contributed by atoms with Crippen LogP contribution in [0.5, 0.6) is 0 Å². The molecule has 4 heteroatoms. The van der Waals surface area contributed by atoms with E-state index >= 15 is 0 Å². The average Bonchev–Trinajstić information content (AvgIpc) is 2.47. The van der Waals surface area contributed by atoms with Gasteiger partial charge in [-0.25, -0.2) is 0 Å². The molecule has 0 bridgehead atoms. The minimum Gasteiger partial charge on any atom is -0.350 e. The summed E-state index contributed by atoms with van der Waals surface area (Å²) in [7, 11) is 2.13. The molecule has 3 rings (SSSR count). The Hall–Kier alpha value is -1.39. The quantitative estimate of drug-likeness (QED) is 0.844. The van der Waals surface area contributed by atoms with Crippen molar-refractivity contribution < 1.29 is 4.79 Å². The molecule has 2 aliphatic carbocycles. The molecule has 2 aliphatic rings.